The minimum absolute atomic E-state index is 0.211. The molecule has 0 aromatic heterocycles. The van der Waals surface area contributed by atoms with Gasteiger partial charge < -0.3 is 5.11 Å². The molecule has 0 aliphatic heterocycles. The largest absolute Gasteiger partial charge is 0.481 e. The van der Waals surface area contributed by atoms with Crippen LogP contribution in [-0.2, 0) is 4.79 Å². The molecular formula is C7H11FO2. The predicted octanol–water partition coefficient (Wildman–Crippen LogP) is 1.46. The van der Waals surface area contributed by atoms with E-state index in [1.54, 1.807) is 0 Å². The standard InChI is InChI=1S/C7H11FO2/c8-4-5-2-1-3-6(5)7(9)10/h5-6H,1-4H2,(H,9,10)/t5-,6-/m0/s1. The third kappa shape index (κ3) is 1.28. The van der Waals surface area contributed by atoms with Gasteiger partial charge in [-0.15, -0.1) is 0 Å². The van der Waals surface area contributed by atoms with Crippen LogP contribution in [0.5, 0.6) is 0 Å². The summed E-state index contributed by atoms with van der Waals surface area (Å²) in [6.45, 7) is -0.475. The van der Waals surface area contributed by atoms with Crippen LogP contribution in [-0.4, -0.2) is 17.8 Å². The first-order chi connectivity index (χ1) is 4.75. The lowest BCUT2D eigenvalue weighted by molar-refractivity contribution is -0.143. The van der Waals surface area contributed by atoms with E-state index < -0.39 is 18.6 Å². The van der Waals surface area contributed by atoms with Crippen LogP contribution < -0.4 is 0 Å². The van der Waals surface area contributed by atoms with Crippen LogP contribution in [0.25, 0.3) is 0 Å². The summed E-state index contributed by atoms with van der Waals surface area (Å²) in [4.78, 5) is 10.4. The van der Waals surface area contributed by atoms with E-state index >= 15 is 0 Å². The highest BCUT2D eigenvalue weighted by molar-refractivity contribution is 5.70. The maximum absolute atomic E-state index is 12.0. The molecule has 10 heavy (non-hydrogen) atoms. The average molecular weight is 146 g/mol. The van der Waals surface area contributed by atoms with Crippen molar-refractivity contribution in [3.8, 4) is 0 Å². The summed E-state index contributed by atoms with van der Waals surface area (Å²) in [5.74, 6) is -1.46. The molecule has 0 bridgehead atoms. The summed E-state index contributed by atoms with van der Waals surface area (Å²) in [6.07, 6.45) is 2.27. The number of alkyl halides is 1. The van der Waals surface area contributed by atoms with Crippen LogP contribution in [0.15, 0.2) is 0 Å². The highest BCUT2D eigenvalue weighted by Gasteiger charge is 2.32. The fraction of sp³-hybridized carbons (Fsp3) is 0.857. The Balaban J connectivity index is 2.50. The van der Waals surface area contributed by atoms with E-state index in [2.05, 4.69) is 0 Å². The lowest BCUT2D eigenvalue weighted by atomic mass is 9.98. The first kappa shape index (κ1) is 7.51. The van der Waals surface area contributed by atoms with E-state index in [0.29, 0.717) is 6.42 Å². The van der Waals surface area contributed by atoms with Crippen molar-refractivity contribution in [3.63, 3.8) is 0 Å². The van der Waals surface area contributed by atoms with Crippen molar-refractivity contribution in [1.82, 2.24) is 0 Å². The SMILES string of the molecule is O=C(O)[C@H]1CCC[C@H]1CF. The smallest absolute Gasteiger partial charge is 0.306 e. The quantitative estimate of drug-likeness (QED) is 0.640. The second-order valence-corrected chi connectivity index (χ2v) is 2.79. The Morgan fingerprint density at radius 2 is 2.30 bits per heavy atom. The molecule has 1 N–H and O–H groups in total. The van der Waals surface area contributed by atoms with Crippen molar-refractivity contribution in [2.24, 2.45) is 11.8 Å². The van der Waals surface area contributed by atoms with Crippen molar-refractivity contribution in [2.75, 3.05) is 6.67 Å². The molecular weight excluding hydrogens is 135 g/mol. The number of aliphatic carboxylic acids is 1. The zero-order chi connectivity index (χ0) is 7.56. The zero-order valence-corrected chi connectivity index (χ0v) is 5.72. The maximum atomic E-state index is 12.0. The maximum Gasteiger partial charge on any atom is 0.306 e. The molecule has 1 aliphatic rings. The van der Waals surface area contributed by atoms with Crippen LogP contribution in [0, 0.1) is 11.8 Å². The fourth-order valence-electron chi connectivity index (χ4n) is 1.55. The zero-order valence-electron chi connectivity index (χ0n) is 5.72. The minimum Gasteiger partial charge on any atom is -0.481 e. The molecule has 0 heterocycles. The van der Waals surface area contributed by atoms with Gasteiger partial charge in [0.1, 0.15) is 0 Å². The lowest BCUT2D eigenvalue weighted by Gasteiger charge is -2.09. The molecule has 0 unspecified atom stereocenters. The van der Waals surface area contributed by atoms with Crippen LogP contribution >= 0.6 is 0 Å². The number of halogens is 1. The van der Waals surface area contributed by atoms with Gasteiger partial charge in [-0.2, -0.15) is 0 Å². The van der Waals surface area contributed by atoms with Crippen LogP contribution in [0.3, 0.4) is 0 Å². The summed E-state index contributed by atoms with van der Waals surface area (Å²) in [5, 5.41) is 8.55. The molecule has 0 saturated heterocycles. The Morgan fingerprint density at radius 3 is 2.70 bits per heavy atom. The van der Waals surface area contributed by atoms with Gasteiger partial charge >= 0.3 is 5.97 Å². The second kappa shape index (κ2) is 2.99. The van der Waals surface area contributed by atoms with Gasteiger partial charge in [0.25, 0.3) is 0 Å². The predicted molar refractivity (Wildman–Crippen MR) is 34.4 cm³/mol. The summed E-state index contributed by atoms with van der Waals surface area (Å²) in [5.41, 5.74) is 0. The third-order valence-corrected chi connectivity index (χ3v) is 2.17. The molecule has 2 nitrogen and oxygen atoms in total. The number of carbonyl (C=O) groups is 1. The first-order valence-corrected chi connectivity index (χ1v) is 3.54. The van der Waals surface area contributed by atoms with Gasteiger partial charge in [0.05, 0.1) is 12.6 Å². The molecule has 2 atom stereocenters. The van der Waals surface area contributed by atoms with E-state index in [4.69, 9.17) is 5.11 Å². The molecule has 1 saturated carbocycles. The Morgan fingerprint density at radius 1 is 1.60 bits per heavy atom. The molecule has 1 rings (SSSR count). The van der Waals surface area contributed by atoms with Crippen molar-refractivity contribution >= 4 is 5.97 Å². The van der Waals surface area contributed by atoms with Crippen molar-refractivity contribution in [1.29, 1.82) is 0 Å². The van der Waals surface area contributed by atoms with E-state index in [1.807, 2.05) is 0 Å². The molecule has 1 fully saturated rings. The average Bonchev–Trinajstić information content (AvgIpc) is 2.33. The molecule has 58 valence electrons. The van der Waals surface area contributed by atoms with Crippen molar-refractivity contribution in [2.45, 2.75) is 19.3 Å². The monoisotopic (exact) mass is 146 g/mol. The van der Waals surface area contributed by atoms with Crippen molar-refractivity contribution in [3.05, 3.63) is 0 Å². The van der Waals surface area contributed by atoms with Gasteiger partial charge in [0, 0.05) is 5.92 Å². The van der Waals surface area contributed by atoms with Gasteiger partial charge in [-0.05, 0) is 12.8 Å². The molecule has 0 spiro atoms. The molecule has 0 amide bonds. The summed E-state index contributed by atoms with van der Waals surface area (Å²) >= 11 is 0. The van der Waals surface area contributed by atoms with Crippen molar-refractivity contribution < 1.29 is 14.3 Å². The molecule has 0 radical (unpaired) electrons. The highest BCUT2D eigenvalue weighted by Crippen LogP contribution is 2.31. The Labute approximate surface area is 59.0 Å². The van der Waals surface area contributed by atoms with Gasteiger partial charge in [0.15, 0.2) is 0 Å². The minimum atomic E-state index is -0.833. The third-order valence-electron chi connectivity index (χ3n) is 2.17. The lowest BCUT2D eigenvalue weighted by Crippen LogP contribution is -2.19. The second-order valence-electron chi connectivity index (χ2n) is 2.79. The Bertz CT molecular complexity index is 136. The van der Waals surface area contributed by atoms with Crippen LogP contribution in [0.1, 0.15) is 19.3 Å². The molecule has 1 aliphatic carbocycles. The summed E-state index contributed by atoms with van der Waals surface area (Å²) < 4.78 is 12.0. The van der Waals surface area contributed by atoms with E-state index in [0.717, 1.165) is 12.8 Å². The van der Waals surface area contributed by atoms with Crippen LogP contribution in [0.2, 0.25) is 0 Å². The first-order valence-electron chi connectivity index (χ1n) is 3.54. The molecule has 0 aromatic rings. The Hall–Kier alpha value is -0.600. The Kier molecular flexibility index (Phi) is 2.25. The van der Waals surface area contributed by atoms with Gasteiger partial charge in [-0.25, -0.2) is 0 Å². The normalized spacial score (nSPS) is 32.5. The highest BCUT2D eigenvalue weighted by atomic mass is 19.1. The topological polar surface area (TPSA) is 37.3 Å². The number of carboxylic acids is 1. The number of rotatable bonds is 2. The number of hydrogen-bond acceptors (Lipinski definition) is 1. The van der Waals surface area contributed by atoms with E-state index in [1.165, 1.54) is 0 Å². The van der Waals surface area contributed by atoms with Gasteiger partial charge in [0.2, 0.25) is 0 Å². The van der Waals surface area contributed by atoms with E-state index in [-0.39, 0.29) is 5.92 Å². The fourth-order valence-corrected chi connectivity index (χ4v) is 1.55. The van der Waals surface area contributed by atoms with Gasteiger partial charge in [-0.1, -0.05) is 6.42 Å². The summed E-state index contributed by atoms with van der Waals surface area (Å²) in [7, 11) is 0. The number of carboxylic acid groups (broad SMARTS) is 1. The summed E-state index contributed by atoms with van der Waals surface area (Å²) in [6, 6.07) is 0. The van der Waals surface area contributed by atoms with E-state index in [9.17, 15) is 9.18 Å². The molecule has 0 aromatic carbocycles. The molecule has 3 heteroatoms. The number of hydrogen-bond donors (Lipinski definition) is 1. The van der Waals surface area contributed by atoms with Crippen LogP contribution in [0.4, 0.5) is 4.39 Å². The van der Waals surface area contributed by atoms with Gasteiger partial charge in [-0.3, -0.25) is 9.18 Å².